The molecule has 1 fully saturated rings. The van der Waals surface area contributed by atoms with Gasteiger partial charge in [0.2, 0.25) is 0 Å². The Balaban J connectivity index is 1.84. The Bertz CT molecular complexity index is 746. The molecule has 1 heteroatoms. The van der Waals surface area contributed by atoms with Crippen LogP contribution in [0.4, 0.5) is 0 Å². The average molecular weight is 318 g/mol. The second kappa shape index (κ2) is 6.20. The van der Waals surface area contributed by atoms with Crippen molar-refractivity contribution in [3.8, 4) is 0 Å². The van der Waals surface area contributed by atoms with Crippen molar-refractivity contribution in [2.75, 3.05) is 0 Å². The number of rotatable bonds is 2. The minimum Gasteiger partial charge on any atom is -0.300 e. The Hall–Kier alpha value is -1.89. The molecule has 0 N–H and O–H groups in total. The van der Waals surface area contributed by atoms with Gasteiger partial charge in [0.05, 0.1) is 0 Å². The van der Waals surface area contributed by atoms with Gasteiger partial charge in [-0.3, -0.25) is 4.79 Å². The van der Waals surface area contributed by atoms with Crippen molar-refractivity contribution in [3.05, 3.63) is 70.8 Å². The van der Waals surface area contributed by atoms with Crippen LogP contribution in [-0.4, -0.2) is 5.78 Å². The van der Waals surface area contributed by atoms with E-state index in [9.17, 15) is 4.79 Å². The molecule has 4 rings (SSSR count). The highest BCUT2D eigenvalue weighted by Gasteiger charge is 2.46. The van der Waals surface area contributed by atoms with Crippen molar-refractivity contribution >= 4 is 5.78 Å². The Labute approximate surface area is 145 Å². The smallest absolute Gasteiger partial charge is 0.133 e. The van der Waals surface area contributed by atoms with Gasteiger partial charge in [-0.05, 0) is 61.6 Å². The lowest BCUT2D eigenvalue weighted by Gasteiger charge is -2.44. The van der Waals surface area contributed by atoms with Crippen LogP contribution in [-0.2, 0) is 23.1 Å². The van der Waals surface area contributed by atoms with Crippen molar-refractivity contribution in [1.82, 2.24) is 0 Å². The number of hydrogen-bond acceptors (Lipinski definition) is 1. The Morgan fingerprint density at radius 3 is 2.75 bits per heavy atom. The molecule has 2 atom stereocenters. The zero-order chi connectivity index (χ0) is 16.6. The van der Waals surface area contributed by atoms with Crippen LogP contribution < -0.4 is 0 Å². The molecule has 24 heavy (non-hydrogen) atoms. The van der Waals surface area contributed by atoms with Gasteiger partial charge in [-0.15, -0.1) is 0 Å². The summed E-state index contributed by atoms with van der Waals surface area (Å²) in [5.74, 6) is 0.974. The van der Waals surface area contributed by atoms with E-state index < -0.39 is 0 Å². The molecule has 1 nitrogen and oxygen atoms in total. The molecule has 2 aromatic rings. The number of carbonyl (C=O) groups is 1. The van der Waals surface area contributed by atoms with Crippen LogP contribution in [0.3, 0.4) is 0 Å². The van der Waals surface area contributed by atoms with E-state index in [4.69, 9.17) is 0 Å². The summed E-state index contributed by atoms with van der Waals surface area (Å²) in [7, 11) is 0. The maximum absolute atomic E-state index is 12.2. The Kier molecular flexibility index (Phi) is 4.04. The van der Waals surface area contributed by atoms with Crippen LogP contribution in [0.1, 0.15) is 54.4 Å². The van der Waals surface area contributed by atoms with Gasteiger partial charge >= 0.3 is 0 Å². The molecule has 0 radical (unpaired) electrons. The van der Waals surface area contributed by atoms with E-state index in [-0.39, 0.29) is 5.41 Å². The van der Waals surface area contributed by atoms with E-state index in [1.165, 1.54) is 35.1 Å². The van der Waals surface area contributed by atoms with E-state index in [1.54, 1.807) is 0 Å². The monoisotopic (exact) mass is 318 g/mol. The van der Waals surface area contributed by atoms with E-state index in [0.29, 0.717) is 11.7 Å². The first-order chi connectivity index (χ1) is 11.7. The number of benzene rings is 2. The fraction of sp³-hybridized carbons (Fsp3) is 0.435. The SMILES string of the molecule is Cc1ccc2c(c1)CCC[C@H]1CC(=O)CC[C@@]21Cc1ccccc1. The molecule has 0 heterocycles. The summed E-state index contributed by atoms with van der Waals surface area (Å²) < 4.78 is 0. The van der Waals surface area contributed by atoms with Gasteiger partial charge in [-0.2, -0.15) is 0 Å². The topological polar surface area (TPSA) is 17.1 Å². The van der Waals surface area contributed by atoms with Gasteiger partial charge < -0.3 is 0 Å². The molecule has 0 aromatic heterocycles. The number of Topliss-reactive ketones (excluding diaryl/α,β-unsaturated/α-hetero) is 1. The molecule has 2 aromatic carbocycles. The number of hydrogen-bond donors (Lipinski definition) is 0. The second-order valence-electron chi connectivity index (χ2n) is 7.81. The lowest BCUT2D eigenvalue weighted by molar-refractivity contribution is -0.123. The van der Waals surface area contributed by atoms with E-state index in [0.717, 1.165) is 32.1 Å². The maximum atomic E-state index is 12.2. The van der Waals surface area contributed by atoms with E-state index >= 15 is 0 Å². The van der Waals surface area contributed by atoms with Crippen molar-refractivity contribution in [1.29, 1.82) is 0 Å². The number of fused-ring (bicyclic) bond motifs is 3. The van der Waals surface area contributed by atoms with Crippen LogP contribution in [0, 0.1) is 12.8 Å². The van der Waals surface area contributed by atoms with Gasteiger partial charge in [-0.1, -0.05) is 54.1 Å². The molecule has 124 valence electrons. The summed E-state index contributed by atoms with van der Waals surface area (Å²) in [6.45, 7) is 2.19. The third kappa shape index (κ3) is 2.70. The molecule has 0 aliphatic heterocycles. The average Bonchev–Trinajstić information content (AvgIpc) is 2.72. The van der Waals surface area contributed by atoms with Crippen LogP contribution in [0.15, 0.2) is 48.5 Å². The quantitative estimate of drug-likeness (QED) is 0.745. The van der Waals surface area contributed by atoms with Crippen LogP contribution >= 0.6 is 0 Å². The standard InChI is InChI=1S/C23H26O/c1-17-10-11-22-19(14-17)8-5-9-20-15-21(24)12-13-23(20,22)16-18-6-3-2-4-7-18/h2-4,6-7,10-11,14,20H,5,8-9,12-13,15-16H2,1H3/t20-,23-/m0/s1. The van der Waals surface area contributed by atoms with Gasteiger partial charge in [0.15, 0.2) is 0 Å². The van der Waals surface area contributed by atoms with Gasteiger partial charge in [-0.25, -0.2) is 0 Å². The van der Waals surface area contributed by atoms with Gasteiger partial charge in [0, 0.05) is 18.3 Å². The lowest BCUT2D eigenvalue weighted by Crippen LogP contribution is -2.42. The molecule has 0 bridgehead atoms. The van der Waals surface area contributed by atoms with Crippen molar-refractivity contribution in [3.63, 3.8) is 0 Å². The molecular formula is C23H26O. The number of carbonyl (C=O) groups excluding carboxylic acids is 1. The first-order valence-corrected chi connectivity index (χ1v) is 9.33. The first-order valence-electron chi connectivity index (χ1n) is 9.33. The van der Waals surface area contributed by atoms with Crippen LogP contribution in [0.2, 0.25) is 0 Å². The van der Waals surface area contributed by atoms with Gasteiger partial charge in [0.1, 0.15) is 5.78 Å². The number of ketones is 1. The molecule has 0 saturated heterocycles. The predicted octanol–water partition coefficient (Wildman–Crippen LogP) is 5.18. The molecule has 0 amide bonds. The van der Waals surface area contributed by atoms with Crippen molar-refractivity contribution < 1.29 is 4.79 Å². The normalized spacial score (nSPS) is 26.4. The largest absolute Gasteiger partial charge is 0.300 e. The summed E-state index contributed by atoms with van der Waals surface area (Å²) in [6.07, 6.45) is 7.18. The first kappa shape index (κ1) is 15.6. The highest BCUT2D eigenvalue weighted by Crippen LogP contribution is 2.50. The highest BCUT2D eigenvalue weighted by molar-refractivity contribution is 5.80. The molecular weight excluding hydrogens is 292 g/mol. The molecule has 0 unspecified atom stereocenters. The second-order valence-corrected chi connectivity index (χ2v) is 7.81. The fourth-order valence-corrected chi connectivity index (χ4v) is 5.11. The molecule has 2 aliphatic rings. The maximum Gasteiger partial charge on any atom is 0.133 e. The third-order valence-corrected chi connectivity index (χ3v) is 6.26. The van der Waals surface area contributed by atoms with Gasteiger partial charge in [0.25, 0.3) is 0 Å². The molecule has 2 aliphatic carbocycles. The fourth-order valence-electron chi connectivity index (χ4n) is 5.11. The highest BCUT2D eigenvalue weighted by atomic mass is 16.1. The zero-order valence-corrected chi connectivity index (χ0v) is 14.6. The van der Waals surface area contributed by atoms with Crippen molar-refractivity contribution in [2.24, 2.45) is 5.92 Å². The van der Waals surface area contributed by atoms with E-state index in [2.05, 4.69) is 55.5 Å². The van der Waals surface area contributed by atoms with Crippen LogP contribution in [0.25, 0.3) is 0 Å². The van der Waals surface area contributed by atoms with Crippen molar-refractivity contribution in [2.45, 2.75) is 57.3 Å². The number of aryl methyl sites for hydroxylation is 2. The predicted molar refractivity (Wildman–Crippen MR) is 98.3 cm³/mol. The Morgan fingerprint density at radius 2 is 1.92 bits per heavy atom. The molecule has 1 saturated carbocycles. The van der Waals surface area contributed by atoms with Crippen LogP contribution in [0.5, 0.6) is 0 Å². The summed E-state index contributed by atoms with van der Waals surface area (Å²) in [5.41, 5.74) is 5.98. The minimum atomic E-state index is 0.148. The molecule has 0 spiro atoms. The summed E-state index contributed by atoms with van der Waals surface area (Å²) in [6, 6.07) is 17.9. The minimum absolute atomic E-state index is 0.148. The summed E-state index contributed by atoms with van der Waals surface area (Å²) in [4.78, 5) is 12.2. The Morgan fingerprint density at radius 1 is 1.08 bits per heavy atom. The zero-order valence-electron chi connectivity index (χ0n) is 14.6. The summed E-state index contributed by atoms with van der Waals surface area (Å²) in [5, 5.41) is 0. The summed E-state index contributed by atoms with van der Waals surface area (Å²) >= 11 is 0. The van der Waals surface area contributed by atoms with E-state index in [1.807, 2.05) is 0 Å². The third-order valence-electron chi connectivity index (χ3n) is 6.26. The lowest BCUT2D eigenvalue weighted by atomic mass is 9.59.